The van der Waals surface area contributed by atoms with Crippen LogP contribution in [0.3, 0.4) is 0 Å². The molecule has 1 aliphatic heterocycles. The minimum Gasteiger partial charge on any atom is -0.445 e. The molecule has 1 atom stereocenters. The van der Waals surface area contributed by atoms with Gasteiger partial charge in [-0.1, -0.05) is 0 Å². The smallest absolute Gasteiger partial charge is 0.407 e. The molecule has 1 amide bonds. The second-order valence-corrected chi connectivity index (χ2v) is 2.27. The van der Waals surface area contributed by atoms with Crippen molar-refractivity contribution in [2.24, 2.45) is 0 Å². The molecule has 1 heterocycles. The van der Waals surface area contributed by atoms with E-state index in [2.05, 4.69) is 10.6 Å². The molecular formula is C6H12N2O2. The van der Waals surface area contributed by atoms with Crippen molar-refractivity contribution in [2.45, 2.75) is 12.5 Å². The largest absolute Gasteiger partial charge is 0.445 e. The molecule has 1 rings (SSSR count). The van der Waals surface area contributed by atoms with Crippen molar-refractivity contribution in [3.05, 3.63) is 0 Å². The van der Waals surface area contributed by atoms with E-state index < -0.39 is 0 Å². The lowest BCUT2D eigenvalue weighted by Crippen LogP contribution is -2.27. The van der Waals surface area contributed by atoms with Gasteiger partial charge in [-0.05, 0) is 13.0 Å². The maximum Gasteiger partial charge on any atom is 0.407 e. The van der Waals surface area contributed by atoms with Gasteiger partial charge < -0.3 is 15.4 Å². The van der Waals surface area contributed by atoms with Gasteiger partial charge in [-0.15, -0.1) is 0 Å². The molecule has 58 valence electrons. The average Bonchev–Trinajstić information content (AvgIpc) is 2.40. The third kappa shape index (κ3) is 1.88. The van der Waals surface area contributed by atoms with Gasteiger partial charge in [-0.3, -0.25) is 0 Å². The zero-order valence-corrected chi connectivity index (χ0v) is 6.02. The van der Waals surface area contributed by atoms with Gasteiger partial charge in [-0.2, -0.15) is 0 Å². The van der Waals surface area contributed by atoms with Gasteiger partial charge in [0.15, 0.2) is 0 Å². The first-order valence-electron chi connectivity index (χ1n) is 3.42. The van der Waals surface area contributed by atoms with Crippen LogP contribution in [-0.4, -0.2) is 32.3 Å². The van der Waals surface area contributed by atoms with Crippen molar-refractivity contribution in [2.75, 3.05) is 20.1 Å². The zero-order valence-electron chi connectivity index (χ0n) is 6.02. The monoisotopic (exact) mass is 144 g/mol. The number of rotatable bonds is 1. The van der Waals surface area contributed by atoms with Crippen molar-refractivity contribution < 1.29 is 9.53 Å². The highest BCUT2D eigenvalue weighted by Crippen LogP contribution is 2.02. The lowest BCUT2D eigenvalue weighted by atomic mass is 10.3. The van der Waals surface area contributed by atoms with Gasteiger partial charge in [0.1, 0.15) is 6.10 Å². The quantitative estimate of drug-likeness (QED) is 0.531. The summed E-state index contributed by atoms with van der Waals surface area (Å²) in [6.07, 6.45) is 0.654. The van der Waals surface area contributed by atoms with Crippen LogP contribution >= 0.6 is 0 Å². The summed E-state index contributed by atoms with van der Waals surface area (Å²) >= 11 is 0. The number of carbonyl (C=O) groups excluding carboxylic acids is 1. The average molecular weight is 144 g/mol. The SMILES string of the molecule is CNC(=O)O[C@@H]1CCNC1. The van der Waals surface area contributed by atoms with E-state index >= 15 is 0 Å². The molecule has 1 saturated heterocycles. The summed E-state index contributed by atoms with van der Waals surface area (Å²) in [5.74, 6) is 0. The molecule has 2 N–H and O–H groups in total. The van der Waals surface area contributed by atoms with Crippen molar-refractivity contribution in [3.63, 3.8) is 0 Å². The van der Waals surface area contributed by atoms with Gasteiger partial charge in [-0.25, -0.2) is 4.79 Å². The highest BCUT2D eigenvalue weighted by molar-refractivity contribution is 5.66. The number of nitrogens with one attached hydrogen (secondary N) is 2. The summed E-state index contributed by atoms with van der Waals surface area (Å²) in [7, 11) is 1.56. The number of amides is 1. The van der Waals surface area contributed by atoms with Crippen molar-refractivity contribution >= 4 is 6.09 Å². The van der Waals surface area contributed by atoms with Crippen molar-refractivity contribution in [1.29, 1.82) is 0 Å². The summed E-state index contributed by atoms with van der Waals surface area (Å²) < 4.78 is 4.95. The lowest BCUT2D eigenvalue weighted by molar-refractivity contribution is 0.109. The fraction of sp³-hybridized carbons (Fsp3) is 0.833. The molecule has 0 radical (unpaired) electrons. The van der Waals surface area contributed by atoms with E-state index in [-0.39, 0.29) is 12.2 Å². The number of hydrogen-bond donors (Lipinski definition) is 2. The van der Waals surface area contributed by atoms with Crippen LogP contribution in [0.2, 0.25) is 0 Å². The first-order chi connectivity index (χ1) is 4.83. The molecule has 0 bridgehead atoms. The Morgan fingerprint density at radius 1 is 1.80 bits per heavy atom. The predicted molar refractivity (Wildman–Crippen MR) is 36.8 cm³/mol. The van der Waals surface area contributed by atoms with E-state index in [1.165, 1.54) is 0 Å². The Morgan fingerprint density at radius 3 is 3.10 bits per heavy atom. The van der Waals surface area contributed by atoms with Gasteiger partial charge in [0.05, 0.1) is 0 Å². The maximum absolute atomic E-state index is 10.6. The number of ether oxygens (including phenoxy) is 1. The molecule has 4 heteroatoms. The van der Waals surface area contributed by atoms with E-state index in [0.29, 0.717) is 0 Å². The topological polar surface area (TPSA) is 50.4 Å². The number of alkyl carbamates (subject to hydrolysis) is 1. The molecule has 10 heavy (non-hydrogen) atoms. The Bertz CT molecular complexity index is 121. The fourth-order valence-electron chi connectivity index (χ4n) is 0.939. The first-order valence-corrected chi connectivity index (χ1v) is 3.42. The summed E-state index contributed by atoms with van der Waals surface area (Å²) in [5.41, 5.74) is 0. The normalized spacial score (nSPS) is 24.3. The van der Waals surface area contributed by atoms with Crippen LogP contribution in [0, 0.1) is 0 Å². The van der Waals surface area contributed by atoms with E-state index in [1.807, 2.05) is 0 Å². The molecular weight excluding hydrogens is 132 g/mol. The minimum absolute atomic E-state index is 0.0694. The Hall–Kier alpha value is -0.770. The number of hydrogen-bond acceptors (Lipinski definition) is 3. The first kappa shape index (κ1) is 7.34. The Morgan fingerprint density at radius 2 is 2.60 bits per heavy atom. The van der Waals surface area contributed by atoms with Gasteiger partial charge >= 0.3 is 6.09 Å². The van der Waals surface area contributed by atoms with Crippen LogP contribution < -0.4 is 10.6 Å². The fourth-order valence-corrected chi connectivity index (χ4v) is 0.939. The highest BCUT2D eigenvalue weighted by Gasteiger charge is 2.17. The molecule has 4 nitrogen and oxygen atoms in total. The molecule has 0 unspecified atom stereocenters. The third-order valence-corrected chi connectivity index (χ3v) is 1.49. The molecule has 0 aromatic carbocycles. The molecule has 0 aliphatic carbocycles. The number of carbonyl (C=O) groups is 1. The standard InChI is InChI=1S/C6H12N2O2/c1-7-6(9)10-5-2-3-8-4-5/h5,8H,2-4H2,1H3,(H,7,9)/t5-/m1/s1. The van der Waals surface area contributed by atoms with Crippen LogP contribution in [0.4, 0.5) is 4.79 Å². The van der Waals surface area contributed by atoms with E-state index in [9.17, 15) is 4.79 Å². The van der Waals surface area contributed by atoms with Crippen molar-refractivity contribution in [1.82, 2.24) is 10.6 Å². The Kier molecular flexibility index (Phi) is 2.50. The third-order valence-electron chi connectivity index (χ3n) is 1.49. The lowest BCUT2D eigenvalue weighted by Gasteiger charge is -2.08. The van der Waals surface area contributed by atoms with E-state index in [1.54, 1.807) is 7.05 Å². The van der Waals surface area contributed by atoms with Crippen LogP contribution in [-0.2, 0) is 4.74 Å². The van der Waals surface area contributed by atoms with Gasteiger partial charge in [0, 0.05) is 13.6 Å². The summed E-state index contributed by atoms with van der Waals surface area (Å²) in [4.78, 5) is 10.6. The zero-order chi connectivity index (χ0) is 7.40. The van der Waals surface area contributed by atoms with E-state index in [4.69, 9.17) is 4.74 Å². The molecule has 1 aliphatic rings. The predicted octanol–water partition coefficient (Wildman–Crippen LogP) is -0.296. The van der Waals surface area contributed by atoms with Crippen LogP contribution in [0.15, 0.2) is 0 Å². The molecule has 0 aromatic heterocycles. The second-order valence-electron chi connectivity index (χ2n) is 2.27. The van der Waals surface area contributed by atoms with Crippen LogP contribution in [0.1, 0.15) is 6.42 Å². The summed E-state index contributed by atoms with van der Waals surface area (Å²) in [5, 5.41) is 5.50. The van der Waals surface area contributed by atoms with Gasteiger partial charge in [0.2, 0.25) is 0 Å². The summed E-state index contributed by atoms with van der Waals surface area (Å²) in [6, 6.07) is 0. The molecule has 0 aromatic rings. The minimum atomic E-state index is -0.339. The van der Waals surface area contributed by atoms with Crippen LogP contribution in [0.5, 0.6) is 0 Å². The molecule has 0 saturated carbocycles. The maximum atomic E-state index is 10.6. The van der Waals surface area contributed by atoms with Gasteiger partial charge in [0.25, 0.3) is 0 Å². The van der Waals surface area contributed by atoms with E-state index in [0.717, 1.165) is 19.5 Å². The van der Waals surface area contributed by atoms with Crippen LogP contribution in [0.25, 0.3) is 0 Å². The highest BCUT2D eigenvalue weighted by atomic mass is 16.6. The Balaban J connectivity index is 2.17. The second kappa shape index (κ2) is 3.41. The molecule has 0 spiro atoms. The molecule has 1 fully saturated rings. The van der Waals surface area contributed by atoms with Crippen molar-refractivity contribution in [3.8, 4) is 0 Å². The summed E-state index contributed by atoms with van der Waals surface area (Å²) in [6.45, 7) is 1.73. The Labute approximate surface area is 59.9 Å².